The van der Waals surface area contributed by atoms with E-state index >= 15 is 0 Å². The minimum atomic E-state index is -0.792. The van der Waals surface area contributed by atoms with Crippen LogP contribution in [-0.4, -0.2) is 0 Å². The second-order valence-corrected chi connectivity index (χ2v) is 6.81. The Hall–Kier alpha value is -0.300. The van der Waals surface area contributed by atoms with E-state index in [4.69, 9.17) is 5.73 Å². The second kappa shape index (κ2) is 5.14. The number of hydrogen-bond donors (Lipinski definition) is 1. The third kappa shape index (κ3) is 2.76. The minimum absolute atomic E-state index is 0.109. The Labute approximate surface area is 118 Å². The quantitative estimate of drug-likeness (QED) is 0.806. The Morgan fingerprint density at radius 2 is 1.71 bits per heavy atom. The number of thiophene rings is 1. The molecule has 0 aliphatic rings. The molecule has 17 heavy (non-hydrogen) atoms. The standard InChI is InChI=1S/C11H7Br2F2NS/c12-5-3-6(14)10(7(15)4-5)11(16)8-1-2-9(13)17-8/h1-4,11H,16H2. The van der Waals surface area contributed by atoms with E-state index in [0.717, 1.165) is 3.79 Å². The molecule has 2 aromatic rings. The third-order valence-corrected chi connectivity index (χ3v) is 4.42. The molecule has 0 spiro atoms. The maximum Gasteiger partial charge on any atom is 0.132 e. The molecule has 0 aliphatic heterocycles. The van der Waals surface area contributed by atoms with Crippen LogP contribution in [0, 0.1) is 11.6 Å². The van der Waals surface area contributed by atoms with Gasteiger partial charge in [0.15, 0.2) is 0 Å². The molecule has 1 aromatic heterocycles. The van der Waals surface area contributed by atoms with Crippen LogP contribution in [0.1, 0.15) is 16.5 Å². The minimum Gasteiger partial charge on any atom is -0.319 e. The van der Waals surface area contributed by atoms with Crippen molar-refractivity contribution in [3.63, 3.8) is 0 Å². The lowest BCUT2D eigenvalue weighted by Gasteiger charge is -2.12. The Bertz CT molecular complexity index is 533. The van der Waals surface area contributed by atoms with Gasteiger partial charge in [0.1, 0.15) is 11.6 Å². The van der Waals surface area contributed by atoms with E-state index < -0.39 is 17.7 Å². The molecule has 0 saturated heterocycles. The monoisotopic (exact) mass is 381 g/mol. The molecule has 1 atom stereocenters. The van der Waals surface area contributed by atoms with Crippen molar-refractivity contribution in [3.8, 4) is 0 Å². The summed E-state index contributed by atoms with van der Waals surface area (Å²) in [5.74, 6) is -1.29. The van der Waals surface area contributed by atoms with Crippen LogP contribution >= 0.6 is 43.2 Å². The number of halogens is 4. The molecule has 0 amide bonds. The van der Waals surface area contributed by atoms with Crippen LogP contribution in [0.4, 0.5) is 8.78 Å². The van der Waals surface area contributed by atoms with E-state index in [2.05, 4.69) is 31.9 Å². The molecule has 1 unspecified atom stereocenters. The molecule has 0 radical (unpaired) electrons. The topological polar surface area (TPSA) is 26.0 Å². The fourth-order valence-electron chi connectivity index (χ4n) is 1.49. The number of benzene rings is 1. The van der Waals surface area contributed by atoms with Crippen molar-refractivity contribution in [2.45, 2.75) is 6.04 Å². The summed E-state index contributed by atoms with van der Waals surface area (Å²) in [6.07, 6.45) is 0. The molecule has 0 fully saturated rings. The van der Waals surface area contributed by atoms with Gasteiger partial charge in [-0.15, -0.1) is 11.3 Å². The fraction of sp³-hybridized carbons (Fsp3) is 0.0909. The van der Waals surface area contributed by atoms with Crippen molar-refractivity contribution in [2.24, 2.45) is 5.73 Å². The zero-order chi connectivity index (χ0) is 12.6. The van der Waals surface area contributed by atoms with E-state index in [0.29, 0.717) is 9.35 Å². The lowest BCUT2D eigenvalue weighted by Crippen LogP contribution is -2.14. The summed E-state index contributed by atoms with van der Waals surface area (Å²) in [6.45, 7) is 0. The molecular weight excluding hydrogens is 376 g/mol. The van der Waals surface area contributed by atoms with Crippen LogP contribution in [0.2, 0.25) is 0 Å². The zero-order valence-corrected chi connectivity index (χ0v) is 12.4. The highest BCUT2D eigenvalue weighted by molar-refractivity contribution is 9.11. The van der Waals surface area contributed by atoms with Gasteiger partial charge in [-0.2, -0.15) is 0 Å². The van der Waals surface area contributed by atoms with Gasteiger partial charge in [0, 0.05) is 14.9 Å². The molecule has 1 heterocycles. The number of hydrogen-bond acceptors (Lipinski definition) is 2. The number of nitrogens with two attached hydrogens (primary N) is 1. The van der Waals surface area contributed by atoms with Crippen LogP contribution in [0.25, 0.3) is 0 Å². The summed E-state index contributed by atoms with van der Waals surface area (Å²) in [7, 11) is 0. The molecular formula is C11H7Br2F2NS. The maximum atomic E-state index is 13.7. The molecule has 6 heteroatoms. The van der Waals surface area contributed by atoms with Gasteiger partial charge in [0.25, 0.3) is 0 Å². The molecule has 0 saturated carbocycles. The molecule has 2 rings (SSSR count). The highest BCUT2D eigenvalue weighted by Crippen LogP contribution is 2.33. The lowest BCUT2D eigenvalue weighted by molar-refractivity contribution is 0.543. The van der Waals surface area contributed by atoms with E-state index in [1.807, 2.05) is 0 Å². The maximum absolute atomic E-state index is 13.7. The van der Waals surface area contributed by atoms with Gasteiger partial charge in [0.05, 0.1) is 9.83 Å². The lowest BCUT2D eigenvalue weighted by atomic mass is 10.1. The first-order valence-electron chi connectivity index (χ1n) is 4.64. The van der Waals surface area contributed by atoms with Gasteiger partial charge < -0.3 is 5.73 Å². The second-order valence-electron chi connectivity index (χ2n) is 3.40. The van der Waals surface area contributed by atoms with Gasteiger partial charge in [-0.3, -0.25) is 0 Å². The van der Waals surface area contributed by atoms with Crippen molar-refractivity contribution in [2.75, 3.05) is 0 Å². The summed E-state index contributed by atoms with van der Waals surface area (Å²) in [6, 6.07) is 5.18. The fourth-order valence-corrected chi connectivity index (χ4v) is 3.33. The van der Waals surface area contributed by atoms with Crippen LogP contribution in [0.3, 0.4) is 0 Å². The van der Waals surface area contributed by atoms with E-state index in [1.54, 1.807) is 12.1 Å². The van der Waals surface area contributed by atoms with Crippen molar-refractivity contribution in [1.82, 2.24) is 0 Å². The third-order valence-electron chi connectivity index (χ3n) is 2.26. The molecule has 2 N–H and O–H groups in total. The molecule has 90 valence electrons. The zero-order valence-electron chi connectivity index (χ0n) is 8.38. The number of rotatable bonds is 2. The van der Waals surface area contributed by atoms with Crippen LogP contribution in [0.5, 0.6) is 0 Å². The average molecular weight is 383 g/mol. The van der Waals surface area contributed by atoms with Crippen molar-refractivity contribution >= 4 is 43.2 Å². The van der Waals surface area contributed by atoms with Crippen molar-refractivity contribution < 1.29 is 8.78 Å². The predicted octanol–water partition coefficient (Wildman–Crippen LogP) is 4.60. The van der Waals surface area contributed by atoms with Crippen molar-refractivity contribution in [3.05, 3.63) is 54.6 Å². The van der Waals surface area contributed by atoms with Gasteiger partial charge in [-0.05, 0) is 40.2 Å². The first-order valence-corrected chi connectivity index (χ1v) is 7.04. The highest BCUT2D eigenvalue weighted by atomic mass is 79.9. The van der Waals surface area contributed by atoms with Gasteiger partial charge in [0.2, 0.25) is 0 Å². The molecule has 0 bridgehead atoms. The van der Waals surface area contributed by atoms with E-state index in [-0.39, 0.29) is 5.56 Å². The Morgan fingerprint density at radius 3 is 2.18 bits per heavy atom. The first-order chi connectivity index (χ1) is 7.99. The smallest absolute Gasteiger partial charge is 0.132 e. The summed E-state index contributed by atoms with van der Waals surface area (Å²) in [5, 5.41) is 0. The van der Waals surface area contributed by atoms with E-state index in [1.165, 1.54) is 23.5 Å². The van der Waals surface area contributed by atoms with Crippen LogP contribution < -0.4 is 5.73 Å². The average Bonchev–Trinajstić information content (AvgIpc) is 2.63. The van der Waals surface area contributed by atoms with Gasteiger partial charge >= 0.3 is 0 Å². The van der Waals surface area contributed by atoms with Gasteiger partial charge in [-0.1, -0.05) is 15.9 Å². The molecule has 1 nitrogen and oxygen atoms in total. The SMILES string of the molecule is NC(c1ccc(Br)s1)c1c(F)cc(Br)cc1F. The largest absolute Gasteiger partial charge is 0.319 e. The normalized spacial score (nSPS) is 12.8. The highest BCUT2D eigenvalue weighted by Gasteiger charge is 2.20. The summed E-state index contributed by atoms with van der Waals surface area (Å²) in [5.41, 5.74) is 5.77. The first kappa shape index (κ1) is 13.1. The van der Waals surface area contributed by atoms with Crippen molar-refractivity contribution in [1.29, 1.82) is 0 Å². The Morgan fingerprint density at radius 1 is 1.12 bits per heavy atom. The Balaban J connectivity index is 2.47. The predicted molar refractivity (Wildman–Crippen MR) is 72.1 cm³/mol. The Kier molecular flexibility index (Phi) is 3.97. The summed E-state index contributed by atoms with van der Waals surface area (Å²) >= 11 is 7.68. The van der Waals surface area contributed by atoms with Crippen LogP contribution in [-0.2, 0) is 0 Å². The van der Waals surface area contributed by atoms with E-state index in [9.17, 15) is 8.78 Å². The molecule has 1 aromatic carbocycles. The molecule has 0 aliphatic carbocycles. The van der Waals surface area contributed by atoms with Gasteiger partial charge in [-0.25, -0.2) is 8.78 Å². The summed E-state index contributed by atoms with van der Waals surface area (Å²) < 4.78 is 28.6. The summed E-state index contributed by atoms with van der Waals surface area (Å²) in [4.78, 5) is 0.706. The van der Waals surface area contributed by atoms with Crippen LogP contribution in [0.15, 0.2) is 32.5 Å².